The summed E-state index contributed by atoms with van der Waals surface area (Å²) < 4.78 is 44.2. The molecule has 2 aromatic heterocycles. The number of benzene rings is 2. The normalized spacial score (nSPS) is 12.2. The number of fused-ring (bicyclic) bond motifs is 1. The molecule has 0 atom stereocenters. The van der Waals surface area contributed by atoms with Crippen molar-refractivity contribution in [1.82, 2.24) is 25.0 Å². The Morgan fingerprint density at radius 1 is 1.06 bits per heavy atom. The summed E-state index contributed by atoms with van der Waals surface area (Å²) >= 11 is 0. The second-order valence-corrected chi connectivity index (χ2v) is 7.62. The molecule has 0 spiro atoms. The van der Waals surface area contributed by atoms with Crippen LogP contribution in [0.1, 0.15) is 31.1 Å². The molecule has 2 heterocycles. The first-order chi connectivity index (χ1) is 15.2. The third kappa shape index (κ3) is 4.70. The summed E-state index contributed by atoms with van der Waals surface area (Å²) in [7, 11) is 0. The van der Waals surface area contributed by atoms with Crippen LogP contribution in [0.3, 0.4) is 0 Å². The lowest BCUT2D eigenvalue weighted by atomic mass is 10.1. The Morgan fingerprint density at radius 2 is 1.84 bits per heavy atom. The van der Waals surface area contributed by atoms with Gasteiger partial charge in [0, 0.05) is 11.6 Å². The van der Waals surface area contributed by atoms with Gasteiger partial charge in [-0.25, -0.2) is 4.98 Å². The van der Waals surface area contributed by atoms with Crippen LogP contribution in [-0.2, 0) is 19.3 Å². The Labute approximate surface area is 180 Å². The van der Waals surface area contributed by atoms with Gasteiger partial charge in [0.25, 0.3) is 5.56 Å². The van der Waals surface area contributed by atoms with Crippen LogP contribution in [0.25, 0.3) is 22.3 Å². The molecule has 0 unspecified atom stereocenters. The highest BCUT2D eigenvalue weighted by Gasteiger charge is 2.30. The van der Waals surface area contributed by atoms with Crippen LogP contribution in [0.2, 0.25) is 0 Å². The fraction of sp³-hybridized carbons (Fsp3) is 0.273. The number of hydrogen-bond acceptors (Lipinski definition) is 6. The SMILES string of the molecule is CC(C)N(Cc1nc2ccccc2c(=O)[nH]1)Cc1nc(-c2cccc(C(F)(F)F)c2)no1. The van der Waals surface area contributed by atoms with Gasteiger partial charge in [0.2, 0.25) is 11.7 Å². The van der Waals surface area contributed by atoms with Gasteiger partial charge in [-0.2, -0.15) is 18.2 Å². The minimum absolute atomic E-state index is 0.0377. The maximum Gasteiger partial charge on any atom is 0.416 e. The average molecular weight is 443 g/mol. The number of para-hydroxylation sites is 1. The van der Waals surface area contributed by atoms with E-state index in [2.05, 4.69) is 20.1 Å². The molecule has 0 fully saturated rings. The maximum absolute atomic E-state index is 13.0. The average Bonchev–Trinajstić information content (AvgIpc) is 3.21. The first-order valence-corrected chi connectivity index (χ1v) is 9.93. The fourth-order valence-corrected chi connectivity index (χ4v) is 3.27. The number of aromatic amines is 1. The quantitative estimate of drug-likeness (QED) is 0.475. The Balaban J connectivity index is 1.55. The number of nitrogens with zero attached hydrogens (tertiary/aromatic N) is 4. The third-order valence-corrected chi connectivity index (χ3v) is 5.00. The Bertz CT molecular complexity index is 1300. The van der Waals surface area contributed by atoms with E-state index in [4.69, 9.17) is 4.52 Å². The fourth-order valence-electron chi connectivity index (χ4n) is 3.27. The third-order valence-electron chi connectivity index (χ3n) is 5.00. The van der Waals surface area contributed by atoms with E-state index in [1.165, 1.54) is 12.1 Å². The molecule has 1 N–H and O–H groups in total. The number of H-pyrrole nitrogens is 1. The van der Waals surface area contributed by atoms with Crippen LogP contribution in [0, 0.1) is 0 Å². The van der Waals surface area contributed by atoms with Crippen LogP contribution in [0.5, 0.6) is 0 Å². The van der Waals surface area contributed by atoms with E-state index in [0.29, 0.717) is 23.3 Å². The van der Waals surface area contributed by atoms with Crippen molar-refractivity contribution in [3.8, 4) is 11.4 Å². The van der Waals surface area contributed by atoms with Crippen molar-refractivity contribution in [1.29, 1.82) is 0 Å². The predicted octanol–water partition coefficient (Wildman–Crippen LogP) is 4.40. The van der Waals surface area contributed by atoms with Crippen molar-refractivity contribution in [3.63, 3.8) is 0 Å². The largest absolute Gasteiger partial charge is 0.416 e. The molecule has 0 bridgehead atoms. The molecule has 0 saturated heterocycles. The minimum Gasteiger partial charge on any atom is -0.338 e. The zero-order valence-corrected chi connectivity index (χ0v) is 17.3. The molecule has 0 amide bonds. The number of halogens is 3. The van der Waals surface area contributed by atoms with Crippen molar-refractivity contribution in [2.75, 3.05) is 0 Å². The van der Waals surface area contributed by atoms with Gasteiger partial charge < -0.3 is 9.51 Å². The van der Waals surface area contributed by atoms with Gasteiger partial charge in [-0.1, -0.05) is 29.4 Å². The Kier molecular flexibility index (Phi) is 5.79. The molecule has 2 aromatic carbocycles. The van der Waals surface area contributed by atoms with Crippen LogP contribution in [0.15, 0.2) is 57.8 Å². The molecule has 4 aromatic rings. The zero-order chi connectivity index (χ0) is 22.9. The van der Waals surface area contributed by atoms with Crippen LogP contribution in [0.4, 0.5) is 13.2 Å². The molecule has 4 rings (SSSR count). The van der Waals surface area contributed by atoms with E-state index in [1.807, 2.05) is 24.8 Å². The van der Waals surface area contributed by atoms with Gasteiger partial charge in [-0.3, -0.25) is 9.69 Å². The number of aromatic nitrogens is 4. The first-order valence-electron chi connectivity index (χ1n) is 9.93. The molecule has 0 aliphatic carbocycles. The van der Waals surface area contributed by atoms with Crippen molar-refractivity contribution in [2.45, 2.75) is 39.2 Å². The van der Waals surface area contributed by atoms with Crippen molar-refractivity contribution in [3.05, 3.63) is 76.2 Å². The summed E-state index contributed by atoms with van der Waals surface area (Å²) in [5, 5.41) is 4.34. The highest BCUT2D eigenvalue weighted by Crippen LogP contribution is 2.31. The topological polar surface area (TPSA) is 87.9 Å². The lowest BCUT2D eigenvalue weighted by Gasteiger charge is -2.24. The molecular weight excluding hydrogens is 423 g/mol. The van der Waals surface area contributed by atoms with Gasteiger partial charge >= 0.3 is 6.18 Å². The van der Waals surface area contributed by atoms with E-state index < -0.39 is 11.7 Å². The summed E-state index contributed by atoms with van der Waals surface area (Å²) in [6.07, 6.45) is -4.46. The number of hydrogen-bond donors (Lipinski definition) is 1. The van der Waals surface area contributed by atoms with Gasteiger partial charge in [-0.05, 0) is 38.1 Å². The van der Waals surface area contributed by atoms with E-state index in [1.54, 1.807) is 18.2 Å². The highest BCUT2D eigenvalue weighted by molar-refractivity contribution is 5.77. The summed E-state index contributed by atoms with van der Waals surface area (Å²) in [6.45, 7) is 4.48. The lowest BCUT2D eigenvalue weighted by molar-refractivity contribution is -0.137. The molecule has 166 valence electrons. The molecule has 0 saturated carbocycles. The van der Waals surface area contributed by atoms with Crippen molar-refractivity contribution >= 4 is 10.9 Å². The Hall–Kier alpha value is -3.53. The second-order valence-electron chi connectivity index (χ2n) is 7.62. The molecule has 10 heteroatoms. The molecule has 32 heavy (non-hydrogen) atoms. The number of nitrogens with one attached hydrogen (secondary N) is 1. The number of rotatable bonds is 6. The maximum atomic E-state index is 13.0. The van der Waals surface area contributed by atoms with E-state index in [9.17, 15) is 18.0 Å². The predicted molar refractivity (Wildman–Crippen MR) is 111 cm³/mol. The summed E-state index contributed by atoms with van der Waals surface area (Å²) in [4.78, 5) is 25.8. The first kappa shape index (κ1) is 21.7. The van der Waals surface area contributed by atoms with Gasteiger partial charge in [0.05, 0.1) is 29.6 Å². The van der Waals surface area contributed by atoms with E-state index in [-0.39, 0.29) is 35.4 Å². The standard InChI is InChI=1S/C22H20F3N5O2/c1-13(2)30(11-18-26-17-9-4-3-8-16(17)21(31)27-18)12-19-28-20(29-32-19)14-6-5-7-15(10-14)22(23,24)25/h3-10,13H,11-12H2,1-2H3,(H,26,27,31). The minimum atomic E-state index is -4.46. The van der Waals surface area contributed by atoms with Crippen molar-refractivity contribution < 1.29 is 17.7 Å². The Morgan fingerprint density at radius 3 is 2.59 bits per heavy atom. The molecule has 0 aliphatic rings. The van der Waals surface area contributed by atoms with Gasteiger partial charge in [0.15, 0.2) is 0 Å². The van der Waals surface area contributed by atoms with E-state index >= 15 is 0 Å². The smallest absolute Gasteiger partial charge is 0.338 e. The second kappa shape index (κ2) is 8.54. The van der Waals surface area contributed by atoms with Crippen molar-refractivity contribution in [2.24, 2.45) is 0 Å². The zero-order valence-electron chi connectivity index (χ0n) is 17.3. The summed E-state index contributed by atoms with van der Waals surface area (Å²) in [5.41, 5.74) is -0.193. The molecular formula is C22H20F3N5O2. The molecule has 0 radical (unpaired) electrons. The van der Waals surface area contributed by atoms with Gasteiger partial charge in [-0.15, -0.1) is 0 Å². The molecule has 7 nitrogen and oxygen atoms in total. The van der Waals surface area contributed by atoms with Gasteiger partial charge in [0.1, 0.15) is 5.82 Å². The highest BCUT2D eigenvalue weighted by atomic mass is 19.4. The summed E-state index contributed by atoms with van der Waals surface area (Å²) in [6, 6.07) is 11.9. The van der Waals surface area contributed by atoms with Crippen LogP contribution < -0.4 is 5.56 Å². The monoisotopic (exact) mass is 443 g/mol. The van der Waals surface area contributed by atoms with Crippen LogP contribution in [-0.4, -0.2) is 31.1 Å². The van der Waals surface area contributed by atoms with E-state index in [0.717, 1.165) is 12.1 Å². The van der Waals surface area contributed by atoms with Crippen LogP contribution >= 0.6 is 0 Å². The molecule has 0 aliphatic heterocycles. The number of alkyl halides is 3. The lowest BCUT2D eigenvalue weighted by Crippen LogP contribution is -2.31. The summed E-state index contributed by atoms with van der Waals surface area (Å²) in [5.74, 6) is 0.807.